The molecule has 0 heterocycles. The van der Waals surface area contributed by atoms with Gasteiger partial charge in [-0.15, -0.1) is 11.7 Å². The van der Waals surface area contributed by atoms with Gasteiger partial charge < -0.3 is 0 Å². The average Bonchev–Trinajstić information content (AvgIpc) is 2.27. The number of benzene rings is 2. The van der Waals surface area contributed by atoms with E-state index in [-0.39, 0.29) is 0 Å². The van der Waals surface area contributed by atoms with Gasteiger partial charge in [0.25, 0.3) is 0 Å². The first-order chi connectivity index (χ1) is 6.81. The second-order valence-electron chi connectivity index (χ2n) is 3.35. The van der Waals surface area contributed by atoms with E-state index in [4.69, 9.17) is 0 Å². The summed E-state index contributed by atoms with van der Waals surface area (Å²) in [5.74, 6) is 0. The lowest BCUT2D eigenvalue weighted by atomic mass is 10.1. The average molecular weight is 220 g/mol. The minimum Gasteiger partial charge on any atom is -0.111 e. The molecule has 0 nitrogen and oxygen atoms in total. The first-order valence-corrected chi connectivity index (χ1v) is 6.53. The van der Waals surface area contributed by atoms with Gasteiger partial charge in [-0.2, -0.15) is 0 Å². The van der Waals surface area contributed by atoms with Gasteiger partial charge in [0.05, 0.1) is 0 Å². The molecule has 2 aromatic rings. The van der Waals surface area contributed by atoms with Crippen LogP contribution in [0.15, 0.2) is 42.5 Å². The van der Waals surface area contributed by atoms with E-state index in [1.807, 2.05) is 0 Å². The zero-order valence-corrected chi connectivity index (χ0v) is 9.69. The van der Waals surface area contributed by atoms with Gasteiger partial charge in [-0.3, -0.25) is 0 Å². The Labute approximate surface area is 93.5 Å². The van der Waals surface area contributed by atoms with E-state index in [0.29, 0.717) is 5.25 Å². The van der Waals surface area contributed by atoms with Crippen LogP contribution in [0.3, 0.4) is 0 Å². The van der Waals surface area contributed by atoms with Gasteiger partial charge in [0.2, 0.25) is 0 Å². The molecule has 2 aromatic carbocycles. The van der Waals surface area contributed by atoms with Crippen molar-refractivity contribution in [1.82, 2.24) is 0 Å². The van der Waals surface area contributed by atoms with Crippen molar-refractivity contribution in [3.8, 4) is 0 Å². The van der Waals surface area contributed by atoms with Crippen molar-refractivity contribution in [1.29, 1.82) is 0 Å². The predicted octanol–water partition coefficient (Wildman–Crippen LogP) is 4.48. The number of thiol groups is 1. The Morgan fingerprint density at radius 2 is 1.79 bits per heavy atom. The third-order valence-corrected chi connectivity index (χ3v) is 3.94. The molecule has 0 amide bonds. The van der Waals surface area contributed by atoms with Crippen molar-refractivity contribution < 1.29 is 0 Å². The van der Waals surface area contributed by atoms with Crippen LogP contribution in [0.2, 0.25) is 0 Å². The Morgan fingerprint density at radius 1 is 1.07 bits per heavy atom. The highest BCUT2D eigenvalue weighted by Crippen LogP contribution is 2.32. The highest BCUT2D eigenvalue weighted by Gasteiger charge is 2.03. The molecule has 0 radical (unpaired) electrons. The van der Waals surface area contributed by atoms with Crippen molar-refractivity contribution in [2.75, 3.05) is 0 Å². The Bertz CT molecular complexity index is 437. The maximum absolute atomic E-state index is 4.24. The van der Waals surface area contributed by atoms with E-state index in [0.717, 1.165) is 0 Å². The third kappa shape index (κ3) is 1.91. The fourth-order valence-electron chi connectivity index (χ4n) is 1.52. The first-order valence-electron chi connectivity index (χ1n) is 4.60. The lowest BCUT2D eigenvalue weighted by molar-refractivity contribution is 1.12. The lowest BCUT2D eigenvalue weighted by Gasteiger charge is -2.08. The second-order valence-corrected chi connectivity index (χ2v) is 4.90. The van der Waals surface area contributed by atoms with Crippen LogP contribution < -0.4 is 0 Å². The molecule has 0 saturated carbocycles. The van der Waals surface area contributed by atoms with Crippen LogP contribution in [0, 0.1) is 0 Å². The van der Waals surface area contributed by atoms with Crippen molar-refractivity contribution in [2.45, 2.75) is 12.2 Å². The minimum atomic E-state index is 0.447. The van der Waals surface area contributed by atoms with Gasteiger partial charge in [-0.05, 0) is 23.3 Å². The fourth-order valence-corrected chi connectivity index (χ4v) is 2.15. The predicted molar refractivity (Wildman–Crippen MR) is 68.9 cm³/mol. The van der Waals surface area contributed by atoms with E-state index in [1.165, 1.54) is 16.3 Å². The van der Waals surface area contributed by atoms with Crippen LogP contribution in [0.5, 0.6) is 0 Å². The van der Waals surface area contributed by atoms with Gasteiger partial charge in [0.15, 0.2) is 0 Å². The molecule has 1 atom stereocenters. The van der Waals surface area contributed by atoms with Crippen molar-refractivity contribution in [2.24, 2.45) is 0 Å². The third-order valence-electron chi connectivity index (χ3n) is 2.40. The Balaban J connectivity index is 2.51. The largest absolute Gasteiger partial charge is 0.111 e. The normalized spacial score (nSPS) is 13.0. The standard InChI is InChI=1S/C12H12S2/c1-9(14-13)11-7-6-10-4-2-3-5-12(10)8-11/h2-9,13H,1H3. The number of hydrogen-bond donors (Lipinski definition) is 1. The fraction of sp³-hybridized carbons (Fsp3) is 0.167. The van der Waals surface area contributed by atoms with Crippen LogP contribution in [0.1, 0.15) is 17.7 Å². The number of fused-ring (bicyclic) bond motifs is 1. The van der Waals surface area contributed by atoms with Crippen LogP contribution in [0.4, 0.5) is 0 Å². The molecule has 1 unspecified atom stereocenters. The van der Waals surface area contributed by atoms with Gasteiger partial charge in [-0.1, -0.05) is 53.3 Å². The smallest absolute Gasteiger partial charge is 0.0370 e. The van der Waals surface area contributed by atoms with Crippen LogP contribution >= 0.6 is 22.5 Å². The number of hydrogen-bond acceptors (Lipinski definition) is 2. The lowest BCUT2D eigenvalue weighted by Crippen LogP contribution is -1.85. The molecule has 0 saturated heterocycles. The zero-order valence-electron chi connectivity index (χ0n) is 7.97. The van der Waals surface area contributed by atoms with E-state index in [9.17, 15) is 0 Å². The topological polar surface area (TPSA) is 0 Å². The van der Waals surface area contributed by atoms with Crippen molar-refractivity contribution in [3.05, 3.63) is 48.0 Å². The quantitative estimate of drug-likeness (QED) is 0.575. The summed E-state index contributed by atoms with van der Waals surface area (Å²) < 4.78 is 0. The van der Waals surface area contributed by atoms with Crippen LogP contribution in [-0.4, -0.2) is 0 Å². The molecule has 2 heteroatoms. The van der Waals surface area contributed by atoms with E-state index in [2.05, 4.69) is 61.0 Å². The minimum absolute atomic E-state index is 0.447. The highest BCUT2D eigenvalue weighted by molar-refractivity contribution is 8.68. The van der Waals surface area contributed by atoms with E-state index < -0.39 is 0 Å². The van der Waals surface area contributed by atoms with Crippen LogP contribution in [-0.2, 0) is 0 Å². The molecule has 0 spiro atoms. The molecular weight excluding hydrogens is 208 g/mol. The van der Waals surface area contributed by atoms with Gasteiger partial charge in [-0.25, -0.2) is 0 Å². The summed E-state index contributed by atoms with van der Waals surface area (Å²) in [6, 6.07) is 15.0. The summed E-state index contributed by atoms with van der Waals surface area (Å²) in [5, 5.41) is 3.05. The maximum Gasteiger partial charge on any atom is 0.0370 e. The summed E-state index contributed by atoms with van der Waals surface area (Å²) in [4.78, 5) is 0. The number of rotatable bonds is 2. The Morgan fingerprint density at radius 3 is 2.50 bits per heavy atom. The molecule has 0 aliphatic rings. The summed E-state index contributed by atoms with van der Waals surface area (Å²) in [6.07, 6.45) is 0. The molecule has 0 aliphatic heterocycles. The summed E-state index contributed by atoms with van der Waals surface area (Å²) in [7, 11) is 1.58. The molecule has 0 N–H and O–H groups in total. The van der Waals surface area contributed by atoms with Crippen molar-refractivity contribution >= 4 is 33.2 Å². The Hall–Kier alpha value is -0.600. The monoisotopic (exact) mass is 220 g/mol. The SMILES string of the molecule is CC(SS)c1ccc2ccccc2c1. The van der Waals surface area contributed by atoms with E-state index >= 15 is 0 Å². The van der Waals surface area contributed by atoms with Crippen LogP contribution in [0.25, 0.3) is 10.8 Å². The molecule has 0 aliphatic carbocycles. The van der Waals surface area contributed by atoms with Gasteiger partial charge >= 0.3 is 0 Å². The van der Waals surface area contributed by atoms with Crippen molar-refractivity contribution in [3.63, 3.8) is 0 Å². The second kappa shape index (κ2) is 4.28. The molecule has 0 fully saturated rings. The van der Waals surface area contributed by atoms with E-state index in [1.54, 1.807) is 10.8 Å². The molecule has 72 valence electrons. The highest BCUT2D eigenvalue weighted by atomic mass is 33.1. The summed E-state index contributed by atoms with van der Waals surface area (Å²) in [5.41, 5.74) is 1.34. The zero-order chi connectivity index (χ0) is 9.97. The van der Waals surface area contributed by atoms with Gasteiger partial charge in [0.1, 0.15) is 0 Å². The molecular formula is C12H12S2. The summed E-state index contributed by atoms with van der Waals surface area (Å²) in [6.45, 7) is 2.17. The maximum atomic E-state index is 4.24. The summed E-state index contributed by atoms with van der Waals surface area (Å²) >= 11 is 4.24. The van der Waals surface area contributed by atoms with Gasteiger partial charge in [0, 0.05) is 5.25 Å². The molecule has 0 aromatic heterocycles. The Kier molecular flexibility index (Phi) is 3.04. The first kappa shape index (κ1) is 9.94. The molecule has 0 bridgehead atoms. The molecule has 14 heavy (non-hydrogen) atoms. The molecule has 2 rings (SSSR count).